The van der Waals surface area contributed by atoms with Gasteiger partial charge in [0.1, 0.15) is 17.3 Å². The first-order valence-electron chi connectivity index (χ1n) is 10.9. The molecule has 0 fully saturated rings. The van der Waals surface area contributed by atoms with E-state index in [0.29, 0.717) is 30.2 Å². The zero-order chi connectivity index (χ0) is 23.4. The van der Waals surface area contributed by atoms with Crippen molar-refractivity contribution in [2.45, 2.75) is 19.9 Å². The number of benzene rings is 3. The number of hydrogen-bond acceptors (Lipinski definition) is 4. The highest BCUT2D eigenvalue weighted by Gasteiger charge is 2.41. The SMILES string of the molecule is CCCOc1cccc(N2C(=O)C(c3ccc(F)cc3)=C(N(C)Cc3ccccc3)C2=O)c1. The Bertz CT molecular complexity index is 1190. The zero-order valence-corrected chi connectivity index (χ0v) is 18.6. The quantitative estimate of drug-likeness (QED) is 0.457. The molecule has 1 aliphatic heterocycles. The summed E-state index contributed by atoms with van der Waals surface area (Å²) in [6.45, 7) is 2.98. The minimum Gasteiger partial charge on any atom is -0.494 e. The van der Waals surface area contributed by atoms with Gasteiger partial charge in [-0.15, -0.1) is 0 Å². The molecule has 0 N–H and O–H groups in total. The van der Waals surface area contributed by atoms with E-state index < -0.39 is 17.6 Å². The predicted octanol–water partition coefficient (Wildman–Crippen LogP) is 5.03. The number of nitrogens with zero attached hydrogens (tertiary/aromatic N) is 2. The Balaban J connectivity index is 1.75. The largest absolute Gasteiger partial charge is 0.494 e. The number of rotatable bonds is 8. The molecule has 0 atom stereocenters. The molecule has 6 heteroatoms. The monoisotopic (exact) mass is 444 g/mol. The fourth-order valence-electron chi connectivity index (χ4n) is 3.85. The topological polar surface area (TPSA) is 49.9 Å². The maximum absolute atomic E-state index is 13.6. The third-order valence-corrected chi connectivity index (χ3v) is 5.39. The highest BCUT2D eigenvalue weighted by Crippen LogP contribution is 2.36. The van der Waals surface area contributed by atoms with E-state index in [4.69, 9.17) is 4.74 Å². The molecule has 3 aromatic carbocycles. The number of imide groups is 1. The summed E-state index contributed by atoms with van der Waals surface area (Å²) in [4.78, 5) is 30.1. The van der Waals surface area contributed by atoms with Crippen molar-refractivity contribution >= 4 is 23.1 Å². The van der Waals surface area contributed by atoms with Gasteiger partial charge in [-0.2, -0.15) is 0 Å². The van der Waals surface area contributed by atoms with Crippen molar-refractivity contribution in [1.82, 2.24) is 4.90 Å². The van der Waals surface area contributed by atoms with Gasteiger partial charge in [-0.05, 0) is 41.8 Å². The summed E-state index contributed by atoms with van der Waals surface area (Å²) in [5.74, 6) is -0.697. The van der Waals surface area contributed by atoms with Crippen LogP contribution < -0.4 is 9.64 Å². The molecule has 168 valence electrons. The van der Waals surface area contributed by atoms with Crippen LogP contribution in [0.1, 0.15) is 24.5 Å². The molecule has 1 heterocycles. The number of hydrogen-bond donors (Lipinski definition) is 0. The van der Waals surface area contributed by atoms with Gasteiger partial charge in [0.25, 0.3) is 11.8 Å². The molecule has 0 radical (unpaired) electrons. The van der Waals surface area contributed by atoms with E-state index in [-0.39, 0.29) is 11.3 Å². The molecule has 5 nitrogen and oxygen atoms in total. The number of likely N-dealkylation sites (N-methyl/N-ethyl adjacent to an activating group) is 1. The van der Waals surface area contributed by atoms with E-state index in [1.54, 1.807) is 36.2 Å². The number of amides is 2. The van der Waals surface area contributed by atoms with Gasteiger partial charge in [-0.1, -0.05) is 55.5 Å². The van der Waals surface area contributed by atoms with Crippen LogP contribution in [0.15, 0.2) is 84.6 Å². The summed E-state index contributed by atoms with van der Waals surface area (Å²) in [5, 5.41) is 0. The second kappa shape index (κ2) is 9.69. The second-order valence-corrected chi connectivity index (χ2v) is 7.86. The van der Waals surface area contributed by atoms with Crippen molar-refractivity contribution in [3.05, 3.63) is 102 Å². The maximum atomic E-state index is 13.6. The lowest BCUT2D eigenvalue weighted by atomic mass is 10.0. The van der Waals surface area contributed by atoms with E-state index in [2.05, 4.69) is 0 Å². The second-order valence-electron chi connectivity index (χ2n) is 7.86. The lowest BCUT2D eigenvalue weighted by Crippen LogP contribution is -2.34. The van der Waals surface area contributed by atoms with Gasteiger partial charge in [-0.3, -0.25) is 9.59 Å². The fraction of sp³-hybridized carbons (Fsp3) is 0.185. The molecule has 0 aromatic heterocycles. The van der Waals surface area contributed by atoms with Crippen molar-refractivity contribution in [2.75, 3.05) is 18.6 Å². The smallest absolute Gasteiger partial charge is 0.282 e. The molecule has 3 aromatic rings. The fourth-order valence-corrected chi connectivity index (χ4v) is 3.85. The molecule has 1 aliphatic rings. The Kier molecular flexibility index (Phi) is 6.54. The van der Waals surface area contributed by atoms with Crippen molar-refractivity contribution < 1.29 is 18.7 Å². The van der Waals surface area contributed by atoms with Crippen LogP contribution in [0.3, 0.4) is 0 Å². The van der Waals surface area contributed by atoms with Gasteiger partial charge in [0.05, 0.1) is 17.9 Å². The molecular formula is C27H25FN2O3. The third-order valence-electron chi connectivity index (χ3n) is 5.39. The lowest BCUT2D eigenvalue weighted by molar-refractivity contribution is -0.120. The van der Waals surface area contributed by atoms with Gasteiger partial charge in [0, 0.05) is 19.7 Å². The number of halogens is 1. The van der Waals surface area contributed by atoms with E-state index in [0.717, 1.165) is 16.9 Å². The molecule has 0 aliphatic carbocycles. The van der Waals surface area contributed by atoms with Crippen LogP contribution in [0.4, 0.5) is 10.1 Å². The van der Waals surface area contributed by atoms with Gasteiger partial charge in [0.2, 0.25) is 0 Å². The van der Waals surface area contributed by atoms with E-state index >= 15 is 0 Å². The summed E-state index contributed by atoms with van der Waals surface area (Å²) >= 11 is 0. The van der Waals surface area contributed by atoms with Gasteiger partial charge in [0.15, 0.2) is 0 Å². The molecule has 0 spiro atoms. The normalized spacial score (nSPS) is 13.6. The summed E-state index contributed by atoms with van der Waals surface area (Å²) < 4.78 is 19.3. The summed E-state index contributed by atoms with van der Waals surface area (Å²) in [5.41, 5.74) is 2.44. The number of ether oxygens (including phenoxy) is 1. The summed E-state index contributed by atoms with van der Waals surface area (Å²) in [7, 11) is 1.78. The molecule has 2 amide bonds. The third kappa shape index (κ3) is 4.65. The number of anilines is 1. The number of carbonyl (C=O) groups is 2. The standard InChI is InChI=1S/C27H25FN2O3/c1-3-16-33-23-11-7-10-22(17-23)30-26(31)24(20-12-14-21(28)15-13-20)25(27(30)32)29(2)18-19-8-5-4-6-9-19/h4-15,17H,3,16,18H2,1-2H3. The Morgan fingerprint density at radius 3 is 2.33 bits per heavy atom. The van der Waals surface area contributed by atoms with Crippen molar-refractivity contribution in [3.63, 3.8) is 0 Å². The van der Waals surface area contributed by atoms with Crippen molar-refractivity contribution in [1.29, 1.82) is 0 Å². The van der Waals surface area contributed by atoms with Gasteiger partial charge in [-0.25, -0.2) is 9.29 Å². The molecule has 0 saturated heterocycles. The van der Waals surface area contributed by atoms with E-state index in [1.807, 2.05) is 37.3 Å². The maximum Gasteiger partial charge on any atom is 0.282 e. The van der Waals surface area contributed by atoms with Crippen LogP contribution in [-0.2, 0) is 16.1 Å². The summed E-state index contributed by atoms with van der Waals surface area (Å²) in [6, 6.07) is 22.3. The lowest BCUT2D eigenvalue weighted by Gasteiger charge is -2.22. The Morgan fingerprint density at radius 2 is 1.64 bits per heavy atom. The Morgan fingerprint density at radius 1 is 0.909 bits per heavy atom. The highest BCUT2D eigenvalue weighted by molar-refractivity contribution is 6.45. The Hall–Kier alpha value is -3.93. The zero-order valence-electron chi connectivity index (χ0n) is 18.6. The van der Waals surface area contributed by atoms with Crippen LogP contribution in [-0.4, -0.2) is 30.4 Å². The van der Waals surface area contributed by atoms with Gasteiger partial charge >= 0.3 is 0 Å². The van der Waals surface area contributed by atoms with Crippen LogP contribution in [0.25, 0.3) is 5.57 Å². The van der Waals surface area contributed by atoms with Crippen molar-refractivity contribution in [3.8, 4) is 5.75 Å². The molecule has 4 rings (SSSR count). The van der Waals surface area contributed by atoms with Crippen LogP contribution in [0.5, 0.6) is 5.75 Å². The Labute approximate surface area is 192 Å². The molecule has 0 saturated carbocycles. The van der Waals surface area contributed by atoms with E-state index in [1.165, 1.54) is 24.3 Å². The molecule has 0 bridgehead atoms. The highest BCUT2D eigenvalue weighted by atomic mass is 19.1. The van der Waals surface area contributed by atoms with Crippen LogP contribution in [0, 0.1) is 5.82 Å². The predicted molar refractivity (Wildman–Crippen MR) is 126 cm³/mol. The molecule has 33 heavy (non-hydrogen) atoms. The van der Waals surface area contributed by atoms with Crippen LogP contribution in [0.2, 0.25) is 0 Å². The minimum absolute atomic E-state index is 0.248. The average molecular weight is 445 g/mol. The first kappa shape index (κ1) is 22.3. The van der Waals surface area contributed by atoms with Gasteiger partial charge < -0.3 is 9.64 Å². The average Bonchev–Trinajstić information content (AvgIpc) is 3.09. The van der Waals surface area contributed by atoms with Crippen LogP contribution >= 0.6 is 0 Å². The van der Waals surface area contributed by atoms with E-state index in [9.17, 15) is 14.0 Å². The van der Waals surface area contributed by atoms with Crippen molar-refractivity contribution in [2.24, 2.45) is 0 Å². The first-order valence-corrected chi connectivity index (χ1v) is 10.9. The first-order chi connectivity index (χ1) is 16.0. The summed E-state index contributed by atoms with van der Waals surface area (Å²) in [6.07, 6.45) is 0.844. The number of carbonyl (C=O) groups excluding carboxylic acids is 2. The molecule has 0 unspecified atom stereocenters. The minimum atomic E-state index is -0.450. The molecular weight excluding hydrogens is 419 g/mol.